The maximum Gasteiger partial charge on any atom is 0.302 e. The van der Waals surface area contributed by atoms with Crippen molar-refractivity contribution in [1.82, 2.24) is 19.8 Å². The first-order valence-electron chi connectivity index (χ1n) is 6.34. The molecule has 3 aromatic rings. The van der Waals surface area contributed by atoms with Crippen molar-refractivity contribution in [2.75, 3.05) is 26.6 Å². The van der Waals surface area contributed by atoms with E-state index in [0.717, 1.165) is 0 Å². The number of fused-ring (bicyclic) bond motifs is 1. The van der Waals surface area contributed by atoms with Crippen LogP contribution in [-0.4, -0.2) is 41.1 Å². The smallest absolute Gasteiger partial charge is 0.302 e. The summed E-state index contributed by atoms with van der Waals surface area (Å²) in [5.74, 6) is 1.09. The molecule has 0 radical (unpaired) electrons. The molecule has 9 heteroatoms. The summed E-state index contributed by atoms with van der Waals surface area (Å²) in [5.41, 5.74) is 0.449. The third-order valence-corrected chi connectivity index (χ3v) is 3.98. The minimum atomic E-state index is -0.338. The van der Waals surface area contributed by atoms with Crippen LogP contribution in [0.3, 0.4) is 0 Å². The zero-order valence-corrected chi connectivity index (χ0v) is 13.0. The van der Waals surface area contributed by atoms with Crippen LogP contribution >= 0.6 is 11.3 Å². The Morgan fingerprint density at radius 3 is 2.64 bits per heavy atom. The van der Waals surface area contributed by atoms with E-state index in [1.165, 1.54) is 23.0 Å². The predicted molar refractivity (Wildman–Crippen MR) is 83.0 cm³/mol. The second-order valence-corrected chi connectivity index (χ2v) is 5.23. The van der Waals surface area contributed by atoms with Crippen molar-refractivity contribution in [3.63, 3.8) is 0 Å². The van der Waals surface area contributed by atoms with Gasteiger partial charge in [-0.2, -0.15) is 4.52 Å². The lowest BCUT2D eigenvalue weighted by atomic mass is 10.1. The molecule has 22 heavy (non-hydrogen) atoms. The van der Waals surface area contributed by atoms with Crippen molar-refractivity contribution in [3.05, 3.63) is 28.6 Å². The van der Waals surface area contributed by atoms with Gasteiger partial charge in [-0.15, -0.1) is 15.3 Å². The van der Waals surface area contributed by atoms with Gasteiger partial charge in [0.1, 0.15) is 0 Å². The highest BCUT2D eigenvalue weighted by Gasteiger charge is 2.15. The average Bonchev–Trinajstić information content (AvgIpc) is 2.99. The second kappa shape index (κ2) is 5.60. The number of rotatable bonds is 4. The topological polar surface area (TPSA) is 90.6 Å². The molecule has 0 spiro atoms. The van der Waals surface area contributed by atoms with E-state index in [4.69, 9.17) is 9.47 Å². The molecule has 2 aromatic heterocycles. The zero-order valence-electron chi connectivity index (χ0n) is 12.2. The number of aromatic nitrogens is 4. The third kappa shape index (κ3) is 2.25. The van der Waals surface area contributed by atoms with Crippen LogP contribution in [0.25, 0.3) is 16.2 Å². The highest BCUT2D eigenvalue weighted by atomic mass is 32.1. The zero-order chi connectivity index (χ0) is 15.7. The Balaban J connectivity index is 2.18. The minimum Gasteiger partial charge on any atom is -0.493 e. The summed E-state index contributed by atoms with van der Waals surface area (Å²) >= 11 is 1.25. The quantitative estimate of drug-likeness (QED) is 0.774. The molecule has 0 fully saturated rings. The Morgan fingerprint density at radius 2 is 1.95 bits per heavy atom. The Labute approximate surface area is 129 Å². The number of hydrogen-bond acceptors (Lipinski definition) is 8. The molecule has 3 rings (SSSR count). The normalized spacial score (nSPS) is 10.7. The first-order valence-corrected chi connectivity index (χ1v) is 7.16. The van der Waals surface area contributed by atoms with Crippen LogP contribution in [0.2, 0.25) is 0 Å². The Bertz CT molecular complexity index is 889. The van der Waals surface area contributed by atoms with E-state index >= 15 is 0 Å². The van der Waals surface area contributed by atoms with Crippen molar-refractivity contribution in [1.29, 1.82) is 0 Å². The number of anilines is 1. The molecule has 0 atom stereocenters. The molecule has 8 nitrogen and oxygen atoms in total. The molecule has 0 aliphatic rings. The van der Waals surface area contributed by atoms with Gasteiger partial charge >= 0.3 is 5.56 Å². The molecular weight excluding hydrogens is 306 g/mol. The van der Waals surface area contributed by atoms with Gasteiger partial charge in [-0.1, -0.05) is 11.3 Å². The molecule has 0 aliphatic heterocycles. The minimum absolute atomic E-state index is 0.200. The monoisotopic (exact) mass is 319 g/mol. The highest BCUT2D eigenvalue weighted by molar-refractivity contribution is 7.20. The van der Waals surface area contributed by atoms with E-state index in [1.807, 2.05) is 0 Å². The lowest BCUT2D eigenvalue weighted by molar-refractivity contribution is 0.355. The number of hydrogen-bond donors (Lipinski definition) is 1. The summed E-state index contributed by atoms with van der Waals surface area (Å²) in [6, 6.07) is 5.12. The molecule has 0 amide bonds. The van der Waals surface area contributed by atoms with E-state index in [9.17, 15) is 4.79 Å². The second-order valence-electron chi connectivity index (χ2n) is 4.28. The molecule has 114 valence electrons. The number of nitrogens with one attached hydrogen (secondary N) is 1. The Morgan fingerprint density at radius 1 is 1.18 bits per heavy atom. The molecule has 0 saturated heterocycles. The van der Waals surface area contributed by atoms with Crippen LogP contribution in [0.4, 0.5) is 5.13 Å². The fourth-order valence-electron chi connectivity index (χ4n) is 1.98. The molecular formula is C13H13N5O3S. The van der Waals surface area contributed by atoms with Gasteiger partial charge in [0.25, 0.3) is 0 Å². The number of methoxy groups -OCH3 is 2. The van der Waals surface area contributed by atoms with E-state index in [0.29, 0.717) is 27.2 Å². The predicted octanol–water partition coefficient (Wildman–Crippen LogP) is 1.27. The molecule has 0 unspecified atom stereocenters. The SMILES string of the molecule is CNc1nn2c(=O)c(-c3ccc(OC)c(OC)c3)nnc2s1. The van der Waals surface area contributed by atoms with Gasteiger partial charge in [0.2, 0.25) is 10.1 Å². The largest absolute Gasteiger partial charge is 0.493 e. The summed E-state index contributed by atoms with van der Waals surface area (Å²) < 4.78 is 11.7. The van der Waals surface area contributed by atoms with Gasteiger partial charge in [0.05, 0.1) is 14.2 Å². The fraction of sp³-hybridized carbons (Fsp3) is 0.231. The average molecular weight is 319 g/mol. The maximum atomic E-state index is 12.5. The summed E-state index contributed by atoms with van der Waals surface area (Å²) in [4.78, 5) is 12.9. The van der Waals surface area contributed by atoms with Gasteiger partial charge in [0, 0.05) is 12.6 Å². The first-order chi connectivity index (χ1) is 10.7. The number of nitrogens with zero attached hydrogens (tertiary/aromatic N) is 4. The standard InChI is InChI=1S/C13H13N5O3S/c1-14-12-17-18-11(19)10(15-16-13(18)22-12)7-4-5-8(20-2)9(6-7)21-3/h4-6H,1-3H3,(H,14,17). The van der Waals surface area contributed by atoms with Crippen LogP contribution in [0, 0.1) is 0 Å². The molecule has 2 heterocycles. The summed E-state index contributed by atoms with van der Waals surface area (Å²) in [7, 11) is 4.81. The molecule has 0 bridgehead atoms. The first kappa shape index (κ1) is 14.3. The van der Waals surface area contributed by atoms with Gasteiger partial charge in [-0.25, -0.2) is 0 Å². The summed E-state index contributed by atoms with van der Waals surface area (Å²) in [5, 5.41) is 15.7. The fourth-order valence-corrected chi connectivity index (χ4v) is 2.67. The van der Waals surface area contributed by atoms with Crippen LogP contribution in [0.1, 0.15) is 0 Å². The summed E-state index contributed by atoms with van der Waals surface area (Å²) in [6.07, 6.45) is 0. The van der Waals surface area contributed by atoms with E-state index in [-0.39, 0.29) is 11.3 Å². The molecule has 0 saturated carbocycles. The molecule has 1 aromatic carbocycles. The number of benzene rings is 1. The van der Waals surface area contributed by atoms with E-state index in [2.05, 4.69) is 20.6 Å². The Hall–Kier alpha value is -2.68. The lowest BCUT2D eigenvalue weighted by Crippen LogP contribution is -2.19. The summed E-state index contributed by atoms with van der Waals surface area (Å²) in [6.45, 7) is 0. The lowest BCUT2D eigenvalue weighted by Gasteiger charge is -2.08. The van der Waals surface area contributed by atoms with E-state index in [1.54, 1.807) is 32.4 Å². The van der Waals surface area contributed by atoms with Gasteiger partial charge < -0.3 is 14.8 Å². The van der Waals surface area contributed by atoms with Crippen LogP contribution in [0.15, 0.2) is 23.0 Å². The molecule has 1 N–H and O–H groups in total. The van der Waals surface area contributed by atoms with Crippen molar-refractivity contribution in [3.8, 4) is 22.8 Å². The van der Waals surface area contributed by atoms with Crippen molar-refractivity contribution in [2.45, 2.75) is 0 Å². The van der Waals surface area contributed by atoms with Crippen molar-refractivity contribution < 1.29 is 9.47 Å². The molecule has 0 aliphatic carbocycles. The maximum absolute atomic E-state index is 12.5. The Kier molecular flexibility index (Phi) is 3.63. The van der Waals surface area contributed by atoms with Gasteiger partial charge in [-0.3, -0.25) is 4.79 Å². The van der Waals surface area contributed by atoms with Gasteiger partial charge in [0.15, 0.2) is 17.2 Å². The third-order valence-electron chi connectivity index (χ3n) is 3.06. The van der Waals surface area contributed by atoms with Crippen LogP contribution in [0.5, 0.6) is 11.5 Å². The highest BCUT2D eigenvalue weighted by Crippen LogP contribution is 2.30. The van der Waals surface area contributed by atoms with Crippen molar-refractivity contribution >= 4 is 21.4 Å². The van der Waals surface area contributed by atoms with E-state index < -0.39 is 0 Å². The van der Waals surface area contributed by atoms with Crippen LogP contribution in [-0.2, 0) is 0 Å². The van der Waals surface area contributed by atoms with Crippen molar-refractivity contribution in [2.24, 2.45) is 0 Å². The van der Waals surface area contributed by atoms with Crippen LogP contribution < -0.4 is 20.3 Å². The number of ether oxygens (including phenoxy) is 2. The van der Waals surface area contributed by atoms with Gasteiger partial charge in [-0.05, 0) is 18.2 Å².